The van der Waals surface area contributed by atoms with Crippen LogP contribution in [-0.4, -0.2) is 29.2 Å². The van der Waals surface area contributed by atoms with E-state index in [0.29, 0.717) is 13.1 Å². The van der Waals surface area contributed by atoms with Crippen molar-refractivity contribution in [2.24, 2.45) is 5.41 Å². The van der Waals surface area contributed by atoms with E-state index in [0.717, 1.165) is 37.3 Å². The fourth-order valence-electron chi connectivity index (χ4n) is 3.77. The number of rotatable bonds is 1. The Balaban J connectivity index is 1.63. The molecule has 1 saturated carbocycles. The molecule has 1 heterocycles. The van der Waals surface area contributed by atoms with Gasteiger partial charge in [0, 0.05) is 13.1 Å². The van der Waals surface area contributed by atoms with Crippen LogP contribution in [0.3, 0.4) is 0 Å². The van der Waals surface area contributed by atoms with Gasteiger partial charge in [0.1, 0.15) is 0 Å². The zero-order chi connectivity index (χ0) is 16.0. The van der Waals surface area contributed by atoms with Gasteiger partial charge in [-0.25, -0.2) is 4.79 Å². The molecule has 1 aromatic rings. The van der Waals surface area contributed by atoms with E-state index in [9.17, 15) is 18.0 Å². The number of amides is 1. The van der Waals surface area contributed by atoms with Crippen molar-refractivity contribution >= 4 is 6.09 Å². The van der Waals surface area contributed by atoms with E-state index in [2.05, 4.69) is 0 Å². The van der Waals surface area contributed by atoms with Crippen LogP contribution in [0.1, 0.15) is 42.7 Å². The van der Waals surface area contributed by atoms with E-state index in [1.807, 2.05) is 0 Å². The molecule has 6 heteroatoms. The SMILES string of the molecule is O=C(O)N1CCC2(CC1)CC(c1cccc(C(F)(F)F)c1)C2. The largest absolute Gasteiger partial charge is 0.465 e. The lowest BCUT2D eigenvalue weighted by atomic mass is 9.56. The average Bonchev–Trinajstić information content (AvgIpc) is 2.44. The minimum atomic E-state index is -4.30. The fraction of sp³-hybridized carbons (Fsp3) is 0.562. The molecular weight excluding hydrogens is 295 g/mol. The lowest BCUT2D eigenvalue weighted by molar-refractivity contribution is -0.137. The highest BCUT2D eigenvalue weighted by Gasteiger charge is 2.47. The number of hydrogen-bond acceptors (Lipinski definition) is 1. The van der Waals surface area contributed by atoms with Crippen LogP contribution in [0.5, 0.6) is 0 Å². The van der Waals surface area contributed by atoms with Crippen molar-refractivity contribution in [2.45, 2.75) is 37.8 Å². The number of alkyl halides is 3. The summed E-state index contributed by atoms with van der Waals surface area (Å²) in [4.78, 5) is 12.3. The molecule has 1 saturated heterocycles. The van der Waals surface area contributed by atoms with Crippen LogP contribution in [0.25, 0.3) is 0 Å². The Morgan fingerprint density at radius 1 is 1.23 bits per heavy atom. The minimum Gasteiger partial charge on any atom is -0.465 e. The summed E-state index contributed by atoms with van der Waals surface area (Å²) in [6.45, 7) is 1.06. The second-order valence-electron chi connectivity index (χ2n) is 6.50. The van der Waals surface area contributed by atoms with E-state index in [4.69, 9.17) is 5.11 Å². The Morgan fingerprint density at radius 3 is 2.41 bits per heavy atom. The van der Waals surface area contributed by atoms with E-state index in [1.165, 1.54) is 17.0 Å². The summed E-state index contributed by atoms with van der Waals surface area (Å²) in [6.07, 6.45) is -1.83. The molecule has 1 aromatic carbocycles. The van der Waals surface area contributed by atoms with Gasteiger partial charge in [-0.1, -0.05) is 18.2 Å². The first-order valence-corrected chi connectivity index (χ1v) is 7.44. The molecule has 3 nitrogen and oxygen atoms in total. The Hall–Kier alpha value is -1.72. The van der Waals surface area contributed by atoms with Crippen molar-refractivity contribution in [2.75, 3.05) is 13.1 Å². The number of halogens is 3. The molecule has 2 fully saturated rings. The summed E-state index contributed by atoms with van der Waals surface area (Å²) in [7, 11) is 0. The van der Waals surface area contributed by atoms with Crippen molar-refractivity contribution in [3.63, 3.8) is 0 Å². The van der Waals surface area contributed by atoms with Gasteiger partial charge in [-0.05, 0) is 48.6 Å². The van der Waals surface area contributed by atoms with Crippen LogP contribution in [0.15, 0.2) is 24.3 Å². The maximum atomic E-state index is 12.8. The van der Waals surface area contributed by atoms with Gasteiger partial charge in [0.25, 0.3) is 0 Å². The molecule has 1 spiro atoms. The number of carboxylic acid groups (broad SMARTS) is 1. The monoisotopic (exact) mass is 313 g/mol. The molecule has 0 aromatic heterocycles. The summed E-state index contributed by atoms with van der Waals surface area (Å²) in [5.74, 6) is 0.165. The van der Waals surface area contributed by atoms with Gasteiger partial charge in [0.15, 0.2) is 0 Å². The first-order valence-electron chi connectivity index (χ1n) is 7.44. The molecule has 3 rings (SSSR count). The fourth-order valence-corrected chi connectivity index (χ4v) is 3.77. The summed E-state index contributed by atoms with van der Waals surface area (Å²) >= 11 is 0. The smallest absolute Gasteiger partial charge is 0.416 e. The molecule has 0 radical (unpaired) electrons. The number of nitrogens with zero attached hydrogens (tertiary/aromatic N) is 1. The molecule has 120 valence electrons. The van der Waals surface area contributed by atoms with Crippen LogP contribution < -0.4 is 0 Å². The molecule has 2 aliphatic rings. The average molecular weight is 313 g/mol. The van der Waals surface area contributed by atoms with Crippen LogP contribution >= 0.6 is 0 Å². The maximum absolute atomic E-state index is 12.8. The predicted octanol–water partition coefficient (Wildman–Crippen LogP) is 4.34. The normalized spacial score (nSPS) is 21.7. The molecule has 0 unspecified atom stereocenters. The standard InChI is InChI=1S/C16H18F3NO2/c17-16(18,19)13-3-1-2-11(8-13)12-9-15(10-12)4-6-20(7-5-15)14(21)22/h1-3,8,12H,4-7,9-10H2,(H,21,22). The topological polar surface area (TPSA) is 40.5 Å². The third-order valence-corrected chi connectivity index (χ3v) is 5.14. The van der Waals surface area contributed by atoms with Gasteiger partial charge in [-0.15, -0.1) is 0 Å². The third kappa shape index (κ3) is 2.78. The molecule has 0 atom stereocenters. The zero-order valence-electron chi connectivity index (χ0n) is 12.1. The number of carbonyl (C=O) groups is 1. The van der Waals surface area contributed by atoms with E-state index >= 15 is 0 Å². The second kappa shape index (κ2) is 5.18. The van der Waals surface area contributed by atoms with Gasteiger partial charge < -0.3 is 10.0 Å². The highest BCUT2D eigenvalue weighted by Crippen LogP contribution is 2.56. The number of benzene rings is 1. The van der Waals surface area contributed by atoms with Crippen molar-refractivity contribution in [3.05, 3.63) is 35.4 Å². The number of piperidine rings is 1. The minimum absolute atomic E-state index is 0.130. The lowest BCUT2D eigenvalue weighted by Crippen LogP contribution is -2.47. The number of likely N-dealkylation sites (tertiary alicyclic amines) is 1. The summed E-state index contributed by atoms with van der Waals surface area (Å²) in [6, 6.07) is 5.59. The summed E-state index contributed by atoms with van der Waals surface area (Å²) in [5.41, 5.74) is 0.290. The van der Waals surface area contributed by atoms with Crippen molar-refractivity contribution in [1.29, 1.82) is 0 Å². The van der Waals surface area contributed by atoms with E-state index in [1.54, 1.807) is 6.07 Å². The van der Waals surface area contributed by atoms with E-state index < -0.39 is 17.8 Å². The third-order valence-electron chi connectivity index (χ3n) is 5.14. The lowest BCUT2D eigenvalue weighted by Gasteiger charge is -2.52. The highest BCUT2D eigenvalue weighted by atomic mass is 19.4. The van der Waals surface area contributed by atoms with Gasteiger partial charge >= 0.3 is 12.3 Å². The van der Waals surface area contributed by atoms with Gasteiger partial charge in [0.05, 0.1) is 5.56 Å². The van der Waals surface area contributed by atoms with Crippen molar-refractivity contribution in [1.82, 2.24) is 4.90 Å². The molecule has 1 amide bonds. The van der Waals surface area contributed by atoms with Gasteiger partial charge in [-0.3, -0.25) is 0 Å². The first-order chi connectivity index (χ1) is 10.3. The highest BCUT2D eigenvalue weighted by molar-refractivity contribution is 5.65. The summed E-state index contributed by atoms with van der Waals surface area (Å²) < 4.78 is 38.3. The van der Waals surface area contributed by atoms with E-state index in [-0.39, 0.29) is 11.3 Å². The van der Waals surface area contributed by atoms with Crippen molar-refractivity contribution in [3.8, 4) is 0 Å². The predicted molar refractivity (Wildman–Crippen MR) is 74.7 cm³/mol. The zero-order valence-corrected chi connectivity index (χ0v) is 12.1. The van der Waals surface area contributed by atoms with Gasteiger partial charge in [0.2, 0.25) is 0 Å². The number of hydrogen-bond donors (Lipinski definition) is 1. The quantitative estimate of drug-likeness (QED) is 0.837. The first kappa shape index (κ1) is 15.2. The Bertz CT molecular complexity index is 569. The second-order valence-corrected chi connectivity index (χ2v) is 6.50. The van der Waals surface area contributed by atoms with Crippen LogP contribution in [0.2, 0.25) is 0 Å². The van der Waals surface area contributed by atoms with Crippen LogP contribution in [0, 0.1) is 5.41 Å². The maximum Gasteiger partial charge on any atom is 0.416 e. The summed E-state index contributed by atoms with van der Waals surface area (Å²) in [5, 5.41) is 8.96. The Kier molecular flexibility index (Phi) is 3.57. The Labute approximate surface area is 126 Å². The van der Waals surface area contributed by atoms with Crippen molar-refractivity contribution < 1.29 is 23.1 Å². The van der Waals surface area contributed by atoms with Crippen LogP contribution in [-0.2, 0) is 6.18 Å². The molecule has 1 aliphatic carbocycles. The molecule has 1 N–H and O–H groups in total. The molecular formula is C16H18F3NO2. The molecule has 22 heavy (non-hydrogen) atoms. The molecule has 1 aliphatic heterocycles. The van der Waals surface area contributed by atoms with Gasteiger partial charge in [-0.2, -0.15) is 13.2 Å². The molecule has 0 bridgehead atoms. The Morgan fingerprint density at radius 2 is 1.86 bits per heavy atom. The van der Waals surface area contributed by atoms with Crippen LogP contribution in [0.4, 0.5) is 18.0 Å².